The number of carbonyl (C=O) groups is 1. The number of carbonyl (C=O) groups excluding carboxylic acids is 1. The molecular formula is C20H13F3N8O3. The van der Waals surface area contributed by atoms with E-state index in [9.17, 15) is 18.0 Å². The van der Waals surface area contributed by atoms with Gasteiger partial charge in [-0.05, 0) is 18.2 Å². The van der Waals surface area contributed by atoms with Gasteiger partial charge in [0.15, 0.2) is 11.6 Å². The zero-order chi connectivity index (χ0) is 23.4. The third kappa shape index (κ3) is 3.22. The fourth-order valence-electron chi connectivity index (χ4n) is 3.88. The Morgan fingerprint density at radius 2 is 2.09 bits per heavy atom. The first kappa shape index (κ1) is 20.1. The summed E-state index contributed by atoms with van der Waals surface area (Å²) in [6.07, 6.45) is 3.02. The molecule has 5 aromatic rings. The second-order valence-corrected chi connectivity index (χ2v) is 7.45. The first-order valence-electron chi connectivity index (χ1n) is 10.0. The predicted molar refractivity (Wildman–Crippen MR) is 106 cm³/mol. The molecule has 0 saturated carbocycles. The maximum atomic E-state index is 13.7. The van der Waals surface area contributed by atoms with Crippen molar-refractivity contribution in [2.24, 2.45) is 0 Å². The molecule has 0 spiro atoms. The highest BCUT2D eigenvalue weighted by Gasteiger charge is 2.39. The van der Waals surface area contributed by atoms with Crippen LogP contribution in [-0.4, -0.2) is 52.3 Å². The van der Waals surface area contributed by atoms with E-state index >= 15 is 0 Å². The van der Waals surface area contributed by atoms with Crippen LogP contribution in [0, 0.1) is 5.82 Å². The third-order valence-corrected chi connectivity index (χ3v) is 5.42. The number of nitrogens with zero attached hydrogens (tertiary/aromatic N) is 7. The number of fused-ring (bicyclic) bond motifs is 2. The number of halogens is 3. The van der Waals surface area contributed by atoms with Gasteiger partial charge < -0.3 is 18.7 Å². The van der Waals surface area contributed by atoms with Crippen LogP contribution < -0.4 is 0 Å². The molecule has 6 rings (SSSR count). The molecule has 0 saturated heterocycles. The topological polar surface area (TPSA) is 132 Å². The number of alkyl halides is 2. The molecule has 34 heavy (non-hydrogen) atoms. The molecule has 0 radical (unpaired) electrons. The van der Waals surface area contributed by atoms with Crippen molar-refractivity contribution in [3.63, 3.8) is 0 Å². The molecule has 1 aliphatic heterocycles. The maximum absolute atomic E-state index is 13.7. The van der Waals surface area contributed by atoms with Gasteiger partial charge in [0.1, 0.15) is 17.0 Å². The van der Waals surface area contributed by atoms with Crippen LogP contribution in [0.25, 0.3) is 22.7 Å². The number of hydrogen-bond donors (Lipinski definition) is 1. The number of hydrogen-bond acceptors (Lipinski definition) is 8. The van der Waals surface area contributed by atoms with Crippen molar-refractivity contribution >= 4 is 17.0 Å². The van der Waals surface area contributed by atoms with Crippen LogP contribution in [-0.2, 0) is 6.42 Å². The number of aromatic nitrogens is 7. The Balaban J connectivity index is 1.37. The first-order chi connectivity index (χ1) is 16.5. The van der Waals surface area contributed by atoms with E-state index in [4.69, 9.17) is 8.83 Å². The Hall–Kier alpha value is -4.49. The van der Waals surface area contributed by atoms with Gasteiger partial charge in [-0.15, -0.1) is 10.2 Å². The predicted octanol–water partition coefficient (Wildman–Crippen LogP) is 3.12. The minimum absolute atomic E-state index is 0.00221. The Kier molecular flexibility index (Phi) is 4.46. The van der Waals surface area contributed by atoms with Crippen molar-refractivity contribution in [1.29, 1.82) is 0 Å². The average molecular weight is 470 g/mol. The van der Waals surface area contributed by atoms with E-state index in [1.165, 1.54) is 35.5 Å². The minimum atomic E-state index is -2.83. The lowest BCUT2D eigenvalue weighted by Crippen LogP contribution is -2.41. The van der Waals surface area contributed by atoms with Gasteiger partial charge in [-0.3, -0.25) is 4.79 Å². The van der Waals surface area contributed by atoms with Crippen LogP contribution in [0.1, 0.15) is 40.6 Å². The summed E-state index contributed by atoms with van der Waals surface area (Å²) in [6.45, 7) is -2.59. The number of H-pyrrole nitrogens is 1. The highest BCUT2D eigenvalue weighted by atomic mass is 19.3. The van der Waals surface area contributed by atoms with Gasteiger partial charge in [0, 0.05) is 30.9 Å². The normalized spacial score (nSPS) is 15.9. The quantitative estimate of drug-likeness (QED) is 0.424. The van der Waals surface area contributed by atoms with E-state index in [2.05, 4.69) is 30.2 Å². The van der Waals surface area contributed by atoms with Crippen molar-refractivity contribution < 1.29 is 26.8 Å². The summed E-state index contributed by atoms with van der Waals surface area (Å²) in [5.74, 6) is -1.53. The molecule has 1 amide bonds. The van der Waals surface area contributed by atoms with E-state index in [1.807, 2.05) is 0 Å². The number of aromatic amines is 1. The molecule has 1 aliphatic rings. The van der Waals surface area contributed by atoms with Crippen LogP contribution in [0.4, 0.5) is 13.2 Å². The van der Waals surface area contributed by atoms with Gasteiger partial charge in [0.25, 0.3) is 5.89 Å². The van der Waals surface area contributed by atoms with Gasteiger partial charge in [0.2, 0.25) is 5.89 Å². The Morgan fingerprint density at radius 1 is 1.21 bits per heavy atom. The zero-order valence-corrected chi connectivity index (χ0v) is 17.0. The SMILES string of the molecule is O=C(c1nnc(-c2ccn(C(F)F)n2)o1)N1CCc2[nH]cnc2[C@H]1c1nc2cc(F)ccc2o1. The summed E-state index contributed by atoms with van der Waals surface area (Å²) in [6, 6.07) is 4.35. The molecule has 5 heterocycles. The fourth-order valence-corrected chi connectivity index (χ4v) is 3.88. The second-order valence-electron chi connectivity index (χ2n) is 7.45. The maximum Gasteiger partial charge on any atom is 0.333 e. The van der Waals surface area contributed by atoms with Gasteiger partial charge >= 0.3 is 18.3 Å². The van der Waals surface area contributed by atoms with Crippen molar-refractivity contribution in [2.75, 3.05) is 6.54 Å². The summed E-state index contributed by atoms with van der Waals surface area (Å²) in [5.41, 5.74) is 1.95. The molecule has 11 nitrogen and oxygen atoms in total. The molecule has 14 heteroatoms. The van der Waals surface area contributed by atoms with Gasteiger partial charge in [-0.1, -0.05) is 0 Å². The van der Waals surface area contributed by atoms with Gasteiger partial charge in [-0.2, -0.15) is 13.9 Å². The molecule has 172 valence electrons. The van der Waals surface area contributed by atoms with E-state index in [-0.39, 0.29) is 29.9 Å². The van der Waals surface area contributed by atoms with Crippen LogP contribution in [0.5, 0.6) is 0 Å². The van der Waals surface area contributed by atoms with Crippen LogP contribution in [0.3, 0.4) is 0 Å². The van der Waals surface area contributed by atoms with Gasteiger partial charge in [0.05, 0.1) is 12.0 Å². The van der Waals surface area contributed by atoms with Crippen molar-refractivity contribution in [3.8, 4) is 11.6 Å². The highest BCUT2D eigenvalue weighted by Crippen LogP contribution is 2.35. The number of rotatable bonds is 4. The van der Waals surface area contributed by atoms with E-state index < -0.39 is 24.3 Å². The molecule has 4 aromatic heterocycles. The lowest BCUT2D eigenvalue weighted by atomic mass is 10.0. The van der Waals surface area contributed by atoms with E-state index in [0.717, 1.165) is 11.9 Å². The van der Waals surface area contributed by atoms with Crippen LogP contribution in [0.15, 0.2) is 45.6 Å². The number of nitrogens with one attached hydrogen (secondary N) is 1. The number of oxazole rings is 1. The van der Waals surface area contributed by atoms with E-state index in [1.54, 1.807) is 0 Å². The van der Waals surface area contributed by atoms with E-state index in [0.29, 0.717) is 27.9 Å². The summed E-state index contributed by atoms with van der Waals surface area (Å²) < 4.78 is 51.0. The molecule has 0 fully saturated rings. The van der Waals surface area contributed by atoms with Crippen molar-refractivity contribution in [1.82, 2.24) is 39.8 Å². The molecule has 1 atom stereocenters. The molecule has 0 aliphatic carbocycles. The van der Waals surface area contributed by atoms with Crippen molar-refractivity contribution in [3.05, 3.63) is 65.8 Å². The molecule has 0 bridgehead atoms. The smallest absolute Gasteiger partial charge is 0.333 e. The van der Waals surface area contributed by atoms with Crippen LogP contribution >= 0.6 is 0 Å². The number of benzene rings is 1. The fraction of sp³-hybridized carbons (Fsp3) is 0.200. The monoisotopic (exact) mass is 470 g/mol. The summed E-state index contributed by atoms with van der Waals surface area (Å²) in [5, 5.41) is 11.2. The summed E-state index contributed by atoms with van der Waals surface area (Å²) >= 11 is 0. The Bertz CT molecular complexity index is 1520. The third-order valence-electron chi connectivity index (χ3n) is 5.42. The van der Waals surface area contributed by atoms with Gasteiger partial charge in [-0.25, -0.2) is 19.0 Å². The lowest BCUT2D eigenvalue weighted by molar-refractivity contribution is 0.0566. The molecule has 0 unspecified atom stereocenters. The summed E-state index contributed by atoms with van der Waals surface area (Å²) in [7, 11) is 0. The second kappa shape index (κ2) is 7.54. The highest BCUT2D eigenvalue weighted by molar-refractivity contribution is 5.90. The minimum Gasteiger partial charge on any atom is -0.438 e. The Morgan fingerprint density at radius 3 is 2.91 bits per heavy atom. The molecular weight excluding hydrogens is 457 g/mol. The largest absolute Gasteiger partial charge is 0.438 e. The van der Waals surface area contributed by atoms with Crippen molar-refractivity contribution in [2.45, 2.75) is 19.0 Å². The molecule has 1 aromatic carbocycles. The number of amides is 1. The standard InChI is InChI=1S/C20H13F3N8O3/c21-9-1-2-13-12(7-9)26-17(33-13)15-14-10(24-8-25-14)3-5-30(15)19(32)18-28-27-16(34-18)11-4-6-31(29-11)20(22)23/h1-2,4,6-8,15,20H,3,5H2,(H,24,25)/t15-/m0/s1. The first-order valence-corrected chi connectivity index (χ1v) is 10.0. The van der Waals surface area contributed by atoms with Crippen LogP contribution in [0.2, 0.25) is 0 Å². The average Bonchev–Trinajstić information content (AvgIpc) is 3.62. The molecule has 1 N–H and O–H groups in total. The Labute approximate surface area is 187 Å². The number of imidazole rings is 1. The summed E-state index contributed by atoms with van der Waals surface area (Å²) in [4.78, 5) is 26.5. The zero-order valence-electron chi connectivity index (χ0n) is 17.0. The lowest BCUT2D eigenvalue weighted by Gasteiger charge is -2.31.